The molecule has 5 atom stereocenters. The van der Waals surface area contributed by atoms with Crippen LogP contribution in [-0.2, 0) is 19.1 Å². The molecule has 0 aliphatic carbocycles. The van der Waals surface area contributed by atoms with Crippen LogP contribution in [0.5, 0.6) is 0 Å². The molecule has 110 valence electrons. The average molecular weight is 279 g/mol. The summed E-state index contributed by atoms with van der Waals surface area (Å²) in [4.78, 5) is 21.5. The van der Waals surface area contributed by atoms with E-state index >= 15 is 0 Å². The number of aliphatic hydroxyl groups is 3. The van der Waals surface area contributed by atoms with E-state index in [-0.39, 0.29) is 0 Å². The third kappa shape index (κ3) is 4.11. The largest absolute Gasteiger partial charge is 0.480 e. The molecular weight excluding hydrogens is 262 g/mol. The second-order valence-electron chi connectivity index (χ2n) is 4.14. The van der Waals surface area contributed by atoms with Gasteiger partial charge in [-0.3, -0.25) is 4.79 Å². The fourth-order valence-electron chi connectivity index (χ4n) is 1.77. The van der Waals surface area contributed by atoms with Crippen molar-refractivity contribution in [3.05, 3.63) is 0 Å². The van der Waals surface area contributed by atoms with Gasteiger partial charge >= 0.3 is 5.97 Å². The zero-order chi connectivity index (χ0) is 14.6. The number of ether oxygens (including phenoxy) is 2. The van der Waals surface area contributed by atoms with Gasteiger partial charge in [0.2, 0.25) is 5.91 Å². The van der Waals surface area contributed by atoms with Crippen molar-refractivity contribution in [1.29, 1.82) is 0 Å². The number of carboxylic acids is 1. The molecule has 0 spiro atoms. The Bertz CT molecular complexity index is 335. The maximum atomic E-state index is 11.0. The Balaban J connectivity index is 2.79. The molecule has 1 saturated heterocycles. The number of carbonyl (C=O) groups excluding carboxylic acids is 1. The number of hydrogen-bond acceptors (Lipinski definition) is 7. The van der Waals surface area contributed by atoms with Crippen molar-refractivity contribution < 1.29 is 39.5 Å². The molecule has 9 heteroatoms. The van der Waals surface area contributed by atoms with Gasteiger partial charge in [0.25, 0.3) is 0 Å². The van der Waals surface area contributed by atoms with Gasteiger partial charge in [0.05, 0.1) is 6.61 Å². The molecule has 0 aromatic carbocycles. The van der Waals surface area contributed by atoms with Crippen LogP contribution in [0.25, 0.3) is 0 Å². The van der Waals surface area contributed by atoms with Crippen LogP contribution in [0.3, 0.4) is 0 Å². The molecule has 0 bridgehead atoms. The first-order chi connectivity index (χ1) is 8.86. The molecule has 1 aliphatic heterocycles. The third-order valence-electron chi connectivity index (χ3n) is 2.62. The summed E-state index contributed by atoms with van der Waals surface area (Å²) in [7, 11) is 0. The molecule has 19 heavy (non-hydrogen) atoms. The number of aliphatic hydroxyl groups excluding tert-OH is 3. The highest BCUT2D eigenvalue weighted by Gasteiger charge is 2.45. The van der Waals surface area contributed by atoms with Crippen LogP contribution in [0, 0.1) is 0 Å². The maximum Gasteiger partial charge on any atom is 0.329 e. The van der Waals surface area contributed by atoms with Crippen LogP contribution in [0.2, 0.25) is 0 Å². The van der Waals surface area contributed by atoms with E-state index in [4.69, 9.17) is 19.7 Å². The number of rotatable bonds is 5. The van der Waals surface area contributed by atoms with Crippen LogP contribution in [-0.4, -0.2) is 76.2 Å². The number of hydrogen-bond donors (Lipinski definition) is 5. The SMILES string of the molecule is CC(=O)N[C@H]1C(OCC(=O)O)O[C@H](CO)[C@@H](O)[C@@H]1O. The van der Waals surface area contributed by atoms with Crippen LogP contribution >= 0.6 is 0 Å². The van der Waals surface area contributed by atoms with Crippen molar-refractivity contribution in [2.75, 3.05) is 13.2 Å². The summed E-state index contributed by atoms with van der Waals surface area (Å²) in [6.07, 6.45) is -5.28. The van der Waals surface area contributed by atoms with Gasteiger partial charge in [-0.1, -0.05) is 0 Å². The number of carbonyl (C=O) groups is 2. The van der Waals surface area contributed by atoms with Crippen molar-refractivity contribution in [1.82, 2.24) is 5.32 Å². The smallest absolute Gasteiger partial charge is 0.329 e. The molecule has 9 nitrogen and oxygen atoms in total. The minimum atomic E-state index is -1.45. The van der Waals surface area contributed by atoms with Crippen LogP contribution in [0.1, 0.15) is 6.92 Å². The van der Waals surface area contributed by atoms with Crippen molar-refractivity contribution in [3.8, 4) is 0 Å². The highest BCUT2D eigenvalue weighted by molar-refractivity contribution is 5.73. The monoisotopic (exact) mass is 279 g/mol. The first kappa shape index (κ1) is 15.8. The molecule has 0 aromatic heterocycles. The summed E-state index contributed by atoms with van der Waals surface area (Å²) in [6.45, 7) is -0.106. The topological polar surface area (TPSA) is 146 Å². The van der Waals surface area contributed by atoms with Gasteiger partial charge < -0.3 is 35.2 Å². The predicted octanol–water partition coefficient (Wildman–Crippen LogP) is -2.97. The van der Waals surface area contributed by atoms with Gasteiger partial charge in [-0.2, -0.15) is 0 Å². The standard InChI is InChI=1S/C10H17NO8/c1-4(13)11-7-9(17)8(16)5(2-12)19-10(7)18-3-6(14)15/h5,7-10,12,16-17H,2-3H2,1H3,(H,11,13)(H,14,15)/t5-,7-,8-,9-,10?/m1/s1. The average Bonchev–Trinajstić information content (AvgIpc) is 2.33. The summed E-state index contributed by atoms with van der Waals surface area (Å²) in [5.41, 5.74) is 0. The van der Waals surface area contributed by atoms with E-state index in [2.05, 4.69) is 5.32 Å². The fourth-order valence-corrected chi connectivity index (χ4v) is 1.77. The highest BCUT2D eigenvalue weighted by Crippen LogP contribution is 2.22. The second-order valence-corrected chi connectivity index (χ2v) is 4.14. The van der Waals surface area contributed by atoms with E-state index in [1.165, 1.54) is 6.92 Å². The summed E-state index contributed by atoms with van der Waals surface area (Å²) < 4.78 is 10.0. The molecule has 1 rings (SSSR count). The molecule has 0 aromatic rings. The number of carboxylic acid groups (broad SMARTS) is 1. The molecule has 1 amide bonds. The number of amides is 1. The quantitative estimate of drug-likeness (QED) is 0.358. The van der Waals surface area contributed by atoms with E-state index in [9.17, 15) is 19.8 Å². The predicted molar refractivity (Wildman–Crippen MR) is 59.0 cm³/mol. The van der Waals surface area contributed by atoms with Gasteiger partial charge in [0, 0.05) is 6.92 Å². The summed E-state index contributed by atoms with van der Waals surface area (Å²) >= 11 is 0. The minimum Gasteiger partial charge on any atom is -0.480 e. The highest BCUT2D eigenvalue weighted by atomic mass is 16.7. The molecule has 1 aliphatic rings. The molecule has 1 fully saturated rings. The van der Waals surface area contributed by atoms with Crippen LogP contribution < -0.4 is 5.32 Å². The Kier molecular flexibility index (Phi) is 5.63. The minimum absolute atomic E-state index is 0.508. The first-order valence-electron chi connectivity index (χ1n) is 5.59. The lowest BCUT2D eigenvalue weighted by Gasteiger charge is -2.41. The molecule has 1 unspecified atom stereocenters. The Morgan fingerprint density at radius 3 is 2.42 bits per heavy atom. The van der Waals surface area contributed by atoms with Crippen LogP contribution in [0.4, 0.5) is 0 Å². The Morgan fingerprint density at radius 2 is 1.95 bits per heavy atom. The van der Waals surface area contributed by atoms with Crippen molar-refractivity contribution in [2.24, 2.45) is 0 Å². The summed E-state index contributed by atoms with van der Waals surface area (Å²) in [6, 6.07) is -1.13. The lowest BCUT2D eigenvalue weighted by Crippen LogP contribution is -2.64. The Morgan fingerprint density at radius 1 is 1.32 bits per heavy atom. The molecule has 0 radical (unpaired) electrons. The Labute approximate surface area is 108 Å². The zero-order valence-electron chi connectivity index (χ0n) is 10.2. The van der Waals surface area contributed by atoms with Gasteiger partial charge in [0.1, 0.15) is 31.0 Å². The van der Waals surface area contributed by atoms with Crippen LogP contribution in [0.15, 0.2) is 0 Å². The van der Waals surface area contributed by atoms with Gasteiger partial charge in [-0.15, -0.1) is 0 Å². The van der Waals surface area contributed by atoms with Gasteiger partial charge in [0.15, 0.2) is 6.29 Å². The molecular formula is C10H17NO8. The first-order valence-corrected chi connectivity index (χ1v) is 5.59. The van der Waals surface area contributed by atoms with Gasteiger partial charge in [-0.05, 0) is 0 Å². The lowest BCUT2D eigenvalue weighted by atomic mass is 9.97. The van der Waals surface area contributed by atoms with Crippen molar-refractivity contribution in [2.45, 2.75) is 37.6 Å². The summed E-state index contributed by atoms with van der Waals surface area (Å²) in [5.74, 6) is -1.77. The fraction of sp³-hybridized carbons (Fsp3) is 0.800. The molecule has 1 heterocycles. The van der Waals surface area contributed by atoms with E-state index < -0.39 is 55.7 Å². The lowest BCUT2D eigenvalue weighted by molar-refractivity contribution is -0.269. The van der Waals surface area contributed by atoms with E-state index in [1.807, 2.05) is 0 Å². The molecule has 0 saturated carbocycles. The second kappa shape index (κ2) is 6.78. The normalized spacial score (nSPS) is 34.8. The van der Waals surface area contributed by atoms with E-state index in [0.29, 0.717) is 0 Å². The Hall–Kier alpha value is -1.26. The van der Waals surface area contributed by atoms with Crippen molar-refractivity contribution >= 4 is 11.9 Å². The zero-order valence-corrected chi connectivity index (χ0v) is 10.2. The third-order valence-corrected chi connectivity index (χ3v) is 2.62. The van der Waals surface area contributed by atoms with Gasteiger partial charge in [-0.25, -0.2) is 4.79 Å². The number of nitrogens with one attached hydrogen (secondary N) is 1. The van der Waals surface area contributed by atoms with E-state index in [0.717, 1.165) is 0 Å². The number of aliphatic carboxylic acids is 1. The van der Waals surface area contributed by atoms with Crippen molar-refractivity contribution in [3.63, 3.8) is 0 Å². The summed E-state index contributed by atoms with van der Waals surface area (Å²) in [5, 5.41) is 39.3. The maximum absolute atomic E-state index is 11.0. The van der Waals surface area contributed by atoms with E-state index in [1.54, 1.807) is 0 Å². The molecule has 5 N–H and O–H groups in total.